The molecule has 0 spiro atoms. The van der Waals surface area contributed by atoms with Gasteiger partial charge >= 0.3 is 0 Å². The molecule has 1 aromatic carbocycles. The maximum atomic E-state index is 10.9. The first-order chi connectivity index (χ1) is 8.03. The van der Waals surface area contributed by atoms with Crippen LogP contribution < -0.4 is 16.8 Å². The number of nitro groups is 1. The molecule has 1 aliphatic heterocycles. The molecule has 1 unspecified atom stereocenters. The van der Waals surface area contributed by atoms with Gasteiger partial charge in [-0.25, -0.2) is 4.99 Å². The van der Waals surface area contributed by atoms with Crippen LogP contribution in [0.25, 0.3) is 0 Å². The van der Waals surface area contributed by atoms with Gasteiger partial charge in [-0.15, -0.1) is 0 Å². The maximum absolute atomic E-state index is 10.9. The number of nitro benzene ring substituents is 1. The summed E-state index contributed by atoms with van der Waals surface area (Å²) in [6.07, 6.45) is 3.03. The van der Waals surface area contributed by atoms with Crippen LogP contribution in [0.4, 0.5) is 5.69 Å². The zero-order chi connectivity index (χ0) is 12.5. The zero-order valence-electron chi connectivity index (χ0n) is 8.83. The smallest absolute Gasteiger partial charge is 0.276 e. The van der Waals surface area contributed by atoms with Gasteiger partial charge < -0.3 is 11.1 Å². The van der Waals surface area contributed by atoms with Gasteiger partial charge in [-0.2, -0.15) is 0 Å². The lowest BCUT2D eigenvalue weighted by Crippen LogP contribution is -2.42. The van der Waals surface area contributed by atoms with E-state index in [1.807, 2.05) is 0 Å². The lowest BCUT2D eigenvalue weighted by molar-refractivity contribution is -0.386. The molecule has 7 heteroatoms. The molecule has 2 rings (SSSR count). The van der Waals surface area contributed by atoms with Gasteiger partial charge in [0.2, 0.25) is 0 Å². The van der Waals surface area contributed by atoms with E-state index in [2.05, 4.69) is 10.3 Å². The summed E-state index contributed by atoms with van der Waals surface area (Å²) in [6, 6.07) is 6.18. The van der Waals surface area contributed by atoms with E-state index in [1.165, 1.54) is 18.3 Å². The largest absolute Gasteiger partial charge is 0.370 e. The number of para-hydroxylation sites is 1. The number of aliphatic imine (C=N–C) groups is 1. The SMILES string of the molecule is NC1=NC(N)(c2ccccc2[N+](=O)[O-])C=CN1. The van der Waals surface area contributed by atoms with Crippen LogP contribution in [0.5, 0.6) is 0 Å². The highest BCUT2D eigenvalue weighted by Gasteiger charge is 2.32. The molecule has 0 saturated heterocycles. The number of nitrogens with two attached hydrogens (primary N) is 2. The second-order valence-corrected chi connectivity index (χ2v) is 3.57. The Morgan fingerprint density at radius 2 is 2.12 bits per heavy atom. The minimum Gasteiger partial charge on any atom is -0.370 e. The van der Waals surface area contributed by atoms with E-state index in [9.17, 15) is 10.1 Å². The Morgan fingerprint density at radius 3 is 2.76 bits per heavy atom. The second-order valence-electron chi connectivity index (χ2n) is 3.57. The van der Waals surface area contributed by atoms with Crippen molar-refractivity contribution < 1.29 is 4.92 Å². The van der Waals surface area contributed by atoms with E-state index in [4.69, 9.17) is 11.5 Å². The summed E-state index contributed by atoms with van der Waals surface area (Å²) < 4.78 is 0. The van der Waals surface area contributed by atoms with E-state index in [1.54, 1.807) is 18.2 Å². The van der Waals surface area contributed by atoms with E-state index < -0.39 is 10.6 Å². The van der Waals surface area contributed by atoms with E-state index in [-0.39, 0.29) is 11.6 Å². The molecule has 0 amide bonds. The highest BCUT2D eigenvalue weighted by molar-refractivity contribution is 5.80. The molecule has 7 nitrogen and oxygen atoms in total. The van der Waals surface area contributed by atoms with Gasteiger partial charge in [-0.1, -0.05) is 12.1 Å². The first-order valence-electron chi connectivity index (χ1n) is 4.85. The van der Waals surface area contributed by atoms with Crippen LogP contribution in [0.15, 0.2) is 41.5 Å². The van der Waals surface area contributed by atoms with Crippen LogP contribution in [0.3, 0.4) is 0 Å². The monoisotopic (exact) mass is 233 g/mol. The van der Waals surface area contributed by atoms with Crippen LogP contribution in [0.1, 0.15) is 5.56 Å². The third kappa shape index (κ3) is 1.95. The highest BCUT2D eigenvalue weighted by Crippen LogP contribution is 2.30. The number of nitrogens with one attached hydrogen (secondary N) is 1. The zero-order valence-corrected chi connectivity index (χ0v) is 8.83. The quantitative estimate of drug-likeness (QED) is 0.495. The molecule has 17 heavy (non-hydrogen) atoms. The molecule has 0 aromatic heterocycles. The predicted octanol–water partition coefficient (Wildman–Crippen LogP) is 0.138. The van der Waals surface area contributed by atoms with Gasteiger partial charge in [0.1, 0.15) is 0 Å². The van der Waals surface area contributed by atoms with Crippen LogP contribution in [0.2, 0.25) is 0 Å². The Balaban J connectivity index is 2.57. The van der Waals surface area contributed by atoms with Crippen LogP contribution in [0, 0.1) is 10.1 Å². The standard InChI is InChI=1S/C10H11N5O2/c11-9-13-6-5-10(12,14-9)7-3-1-2-4-8(7)15(16)17/h1-6H,12H2,(H3,11,13,14). The number of hydrogen-bond donors (Lipinski definition) is 3. The summed E-state index contributed by atoms with van der Waals surface area (Å²) in [7, 11) is 0. The molecule has 0 saturated carbocycles. The third-order valence-electron chi connectivity index (χ3n) is 2.41. The molecule has 88 valence electrons. The molecular weight excluding hydrogens is 222 g/mol. The summed E-state index contributed by atoms with van der Waals surface area (Å²) >= 11 is 0. The average Bonchev–Trinajstić information content (AvgIpc) is 2.28. The number of rotatable bonds is 2. The van der Waals surface area contributed by atoms with Gasteiger partial charge in [0.25, 0.3) is 5.69 Å². The van der Waals surface area contributed by atoms with Crippen LogP contribution in [-0.2, 0) is 5.66 Å². The normalized spacial score (nSPS) is 22.8. The Hall–Kier alpha value is -2.41. The molecule has 1 aromatic rings. The predicted molar refractivity (Wildman–Crippen MR) is 62.9 cm³/mol. The topological polar surface area (TPSA) is 120 Å². The summed E-state index contributed by atoms with van der Waals surface area (Å²) in [6.45, 7) is 0. The minimum absolute atomic E-state index is 0.0851. The van der Waals surface area contributed by atoms with Crippen molar-refractivity contribution in [3.05, 3.63) is 52.2 Å². The number of nitrogens with zero attached hydrogens (tertiary/aromatic N) is 2. The van der Waals surface area contributed by atoms with Crippen molar-refractivity contribution in [1.82, 2.24) is 5.32 Å². The molecule has 1 aliphatic rings. The molecular formula is C10H11N5O2. The molecule has 5 N–H and O–H groups in total. The van der Waals surface area contributed by atoms with Crippen LogP contribution in [-0.4, -0.2) is 10.9 Å². The van der Waals surface area contributed by atoms with Gasteiger partial charge in [-0.05, 0) is 12.1 Å². The van der Waals surface area contributed by atoms with E-state index >= 15 is 0 Å². The molecule has 0 radical (unpaired) electrons. The van der Waals surface area contributed by atoms with Crippen LogP contribution >= 0.6 is 0 Å². The number of hydrogen-bond acceptors (Lipinski definition) is 6. The Morgan fingerprint density at radius 1 is 1.41 bits per heavy atom. The highest BCUT2D eigenvalue weighted by atomic mass is 16.6. The Bertz CT molecular complexity index is 525. The lowest BCUT2D eigenvalue weighted by Gasteiger charge is -2.25. The number of guanidine groups is 1. The van der Waals surface area contributed by atoms with Crippen molar-refractivity contribution in [3.8, 4) is 0 Å². The Labute approximate surface area is 97.0 Å². The summed E-state index contributed by atoms with van der Waals surface area (Å²) in [4.78, 5) is 14.4. The first kappa shape index (κ1) is 11.1. The molecule has 0 fully saturated rings. The molecule has 0 aliphatic carbocycles. The Kier molecular flexibility index (Phi) is 2.52. The second kappa shape index (κ2) is 3.87. The minimum atomic E-state index is -1.31. The summed E-state index contributed by atoms with van der Waals surface area (Å²) in [5.74, 6) is 0.119. The summed E-state index contributed by atoms with van der Waals surface area (Å²) in [5, 5.41) is 13.6. The maximum Gasteiger partial charge on any atom is 0.276 e. The molecule has 0 bridgehead atoms. The van der Waals surface area contributed by atoms with Crippen molar-refractivity contribution in [3.63, 3.8) is 0 Å². The van der Waals surface area contributed by atoms with Gasteiger partial charge in [0.05, 0.1) is 10.5 Å². The van der Waals surface area contributed by atoms with E-state index in [0.29, 0.717) is 5.56 Å². The van der Waals surface area contributed by atoms with Crippen molar-refractivity contribution in [2.75, 3.05) is 0 Å². The molecule has 1 atom stereocenters. The van der Waals surface area contributed by atoms with Crippen molar-refractivity contribution in [2.24, 2.45) is 16.5 Å². The average molecular weight is 233 g/mol. The fourth-order valence-electron chi connectivity index (χ4n) is 1.64. The molecule has 1 heterocycles. The third-order valence-corrected chi connectivity index (χ3v) is 2.41. The lowest BCUT2D eigenvalue weighted by atomic mass is 9.98. The van der Waals surface area contributed by atoms with Crippen molar-refractivity contribution >= 4 is 11.6 Å². The van der Waals surface area contributed by atoms with Crippen molar-refractivity contribution in [2.45, 2.75) is 5.66 Å². The first-order valence-corrected chi connectivity index (χ1v) is 4.85. The fourth-order valence-corrected chi connectivity index (χ4v) is 1.64. The van der Waals surface area contributed by atoms with Crippen molar-refractivity contribution in [1.29, 1.82) is 0 Å². The van der Waals surface area contributed by atoms with E-state index in [0.717, 1.165) is 0 Å². The number of benzene rings is 1. The fraction of sp³-hybridized carbons (Fsp3) is 0.100. The van der Waals surface area contributed by atoms with Gasteiger partial charge in [0, 0.05) is 12.3 Å². The van der Waals surface area contributed by atoms with Gasteiger partial charge in [-0.3, -0.25) is 15.8 Å². The summed E-state index contributed by atoms with van der Waals surface area (Å²) in [5.41, 5.74) is 10.4. The van der Waals surface area contributed by atoms with Gasteiger partial charge in [0.15, 0.2) is 11.6 Å².